The maximum absolute atomic E-state index is 5.63. The summed E-state index contributed by atoms with van der Waals surface area (Å²) in [5.74, 6) is 2.67. The first-order valence-corrected chi connectivity index (χ1v) is 13.6. The van der Waals surface area contributed by atoms with Gasteiger partial charge < -0.3 is 14.0 Å². The third-order valence-electron chi connectivity index (χ3n) is 6.46. The van der Waals surface area contributed by atoms with Gasteiger partial charge in [0.05, 0.1) is 11.9 Å². The summed E-state index contributed by atoms with van der Waals surface area (Å²) in [6, 6.07) is 25.1. The average Bonchev–Trinajstić information content (AvgIpc) is 3.54. The van der Waals surface area contributed by atoms with Crippen molar-refractivity contribution in [2.75, 3.05) is 13.3 Å². The molecule has 0 spiro atoms. The summed E-state index contributed by atoms with van der Waals surface area (Å²) in [7, 11) is 0. The quantitative estimate of drug-likeness (QED) is 0.191. The van der Waals surface area contributed by atoms with E-state index >= 15 is 0 Å². The van der Waals surface area contributed by atoms with Crippen LogP contribution in [0.2, 0.25) is 0 Å². The minimum absolute atomic E-state index is 0.288. The average molecular weight is 559 g/mol. The molecule has 0 atom stereocenters. The van der Waals surface area contributed by atoms with E-state index in [2.05, 4.69) is 105 Å². The molecule has 2 heterocycles. The summed E-state index contributed by atoms with van der Waals surface area (Å²) in [6.07, 6.45) is 8.72. The Hall–Kier alpha value is -3.35. The number of rotatable bonds is 11. The molecular weight excluding hydrogens is 526 g/mol. The van der Waals surface area contributed by atoms with Gasteiger partial charge in [0.2, 0.25) is 6.79 Å². The van der Waals surface area contributed by atoms with Crippen LogP contribution in [-0.2, 0) is 19.6 Å². The molecule has 5 nitrogen and oxygen atoms in total. The van der Waals surface area contributed by atoms with E-state index in [0.717, 1.165) is 66.4 Å². The van der Waals surface area contributed by atoms with Crippen molar-refractivity contribution >= 4 is 22.0 Å². The topological polar surface area (TPSA) is 39.5 Å². The Labute approximate surface area is 227 Å². The lowest BCUT2D eigenvalue weighted by atomic mass is 10.1. The second kappa shape index (κ2) is 12.3. The number of unbranched alkanes of at least 4 members (excludes halogenated alkanes) is 1. The summed E-state index contributed by atoms with van der Waals surface area (Å²) >= 11 is 3.57. The van der Waals surface area contributed by atoms with Crippen molar-refractivity contribution in [3.63, 3.8) is 0 Å². The van der Waals surface area contributed by atoms with Crippen LogP contribution in [0.15, 0.2) is 89.5 Å². The highest BCUT2D eigenvalue weighted by molar-refractivity contribution is 9.10. The fourth-order valence-electron chi connectivity index (χ4n) is 4.58. The summed E-state index contributed by atoms with van der Waals surface area (Å²) in [4.78, 5) is 7.31. The Morgan fingerprint density at radius 1 is 0.973 bits per heavy atom. The Morgan fingerprint density at radius 3 is 2.68 bits per heavy atom. The van der Waals surface area contributed by atoms with E-state index < -0.39 is 0 Å². The first-order valence-electron chi connectivity index (χ1n) is 12.8. The van der Waals surface area contributed by atoms with Gasteiger partial charge in [-0.2, -0.15) is 0 Å². The summed E-state index contributed by atoms with van der Waals surface area (Å²) < 4.78 is 14.6. The lowest BCUT2D eigenvalue weighted by molar-refractivity contribution is 0.174. The number of hydrogen-bond donors (Lipinski definition) is 0. The molecule has 0 aliphatic carbocycles. The van der Waals surface area contributed by atoms with Crippen LogP contribution in [0.25, 0.3) is 17.5 Å². The molecule has 1 aliphatic heterocycles. The molecule has 0 saturated heterocycles. The molecule has 6 heteroatoms. The van der Waals surface area contributed by atoms with Gasteiger partial charge in [-0.15, -0.1) is 0 Å². The number of imidazole rings is 1. The van der Waals surface area contributed by atoms with Gasteiger partial charge >= 0.3 is 0 Å². The van der Waals surface area contributed by atoms with Gasteiger partial charge in [-0.1, -0.05) is 90.0 Å². The van der Waals surface area contributed by atoms with Crippen molar-refractivity contribution in [1.29, 1.82) is 0 Å². The number of aromatic nitrogens is 2. The molecule has 0 amide bonds. The van der Waals surface area contributed by atoms with Gasteiger partial charge in [0.1, 0.15) is 5.82 Å². The molecule has 4 aromatic rings. The molecule has 0 unspecified atom stereocenters. The van der Waals surface area contributed by atoms with E-state index in [1.54, 1.807) is 0 Å². The predicted octanol–water partition coefficient (Wildman–Crippen LogP) is 7.56. The third-order valence-corrected chi connectivity index (χ3v) is 6.95. The zero-order valence-electron chi connectivity index (χ0n) is 21.1. The van der Waals surface area contributed by atoms with Gasteiger partial charge in [-0.3, -0.25) is 4.90 Å². The molecule has 0 saturated carbocycles. The molecule has 0 fully saturated rings. The van der Waals surface area contributed by atoms with Crippen LogP contribution in [0.1, 0.15) is 36.6 Å². The minimum atomic E-state index is 0.288. The van der Waals surface area contributed by atoms with E-state index in [0.29, 0.717) is 0 Å². The second-order valence-corrected chi connectivity index (χ2v) is 10.2. The highest BCUT2D eigenvalue weighted by atomic mass is 79.9. The van der Waals surface area contributed by atoms with Crippen molar-refractivity contribution in [3.05, 3.63) is 106 Å². The molecule has 0 bridgehead atoms. The molecule has 37 heavy (non-hydrogen) atoms. The molecule has 0 radical (unpaired) electrons. The van der Waals surface area contributed by atoms with Crippen LogP contribution in [0.3, 0.4) is 0 Å². The Bertz CT molecular complexity index is 1350. The second-order valence-electron chi connectivity index (χ2n) is 9.26. The maximum atomic E-state index is 5.63. The van der Waals surface area contributed by atoms with Gasteiger partial charge in [0.15, 0.2) is 11.5 Å². The number of fused-ring (bicyclic) bond motifs is 1. The Morgan fingerprint density at radius 2 is 1.84 bits per heavy atom. The van der Waals surface area contributed by atoms with Crippen molar-refractivity contribution in [2.45, 2.75) is 39.4 Å². The molecule has 1 aromatic heterocycles. The van der Waals surface area contributed by atoms with Crippen molar-refractivity contribution < 1.29 is 9.47 Å². The minimum Gasteiger partial charge on any atom is -0.454 e. The standard InChI is InChI=1S/C31H32BrN3O2/c1-2-3-17-35-28(20-33-31(35)26-11-5-4-6-12-26)22-34(16-8-10-24-9-7-13-27(32)18-24)21-25-14-15-29-30(19-25)37-23-36-29/h4-15,18-20H,2-3,16-17,21-23H2,1H3/b10-8+. The monoisotopic (exact) mass is 557 g/mol. The number of ether oxygens (including phenoxy) is 2. The van der Waals surface area contributed by atoms with E-state index in [1.807, 2.05) is 18.3 Å². The van der Waals surface area contributed by atoms with Crippen LogP contribution < -0.4 is 9.47 Å². The summed E-state index contributed by atoms with van der Waals surface area (Å²) in [5, 5.41) is 0. The molecule has 1 aliphatic rings. The van der Waals surface area contributed by atoms with Gasteiger partial charge in [-0.05, 0) is 41.8 Å². The fraction of sp³-hybridized carbons (Fsp3) is 0.258. The largest absolute Gasteiger partial charge is 0.454 e. The summed E-state index contributed by atoms with van der Waals surface area (Å²) in [5.41, 5.74) is 4.75. The van der Waals surface area contributed by atoms with E-state index in [4.69, 9.17) is 14.5 Å². The number of halogens is 1. The fourth-order valence-corrected chi connectivity index (χ4v) is 5.00. The molecular formula is C31H32BrN3O2. The molecule has 3 aromatic carbocycles. The van der Waals surface area contributed by atoms with E-state index in [-0.39, 0.29) is 6.79 Å². The summed E-state index contributed by atoms with van der Waals surface area (Å²) in [6.45, 7) is 5.87. The van der Waals surface area contributed by atoms with Crippen LogP contribution in [0.4, 0.5) is 0 Å². The van der Waals surface area contributed by atoms with E-state index in [9.17, 15) is 0 Å². The van der Waals surface area contributed by atoms with Crippen LogP contribution in [0.5, 0.6) is 11.5 Å². The van der Waals surface area contributed by atoms with Gasteiger partial charge in [-0.25, -0.2) is 4.98 Å². The zero-order valence-corrected chi connectivity index (χ0v) is 22.7. The highest BCUT2D eigenvalue weighted by Gasteiger charge is 2.17. The van der Waals surface area contributed by atoms with Crippen molar-refractivity contribution in [1.82, 2.24) is 14.5 Å². The normalized spacial score (nSPS) is 12.6. The van der Waals surface area contributed by atoms with Gasteiger partial charge in [0, 0.05) is 36.2 Å². The predicted molar refractivity (Wildman–Crippen MR) is 152 cm³/mol. The van der Waals surface area contributed by atoms with E-state index in [1.165, 1.54) is 16.8 Å². The zero-order chi connectivity index (χ0) is 25.5. The molecule has 190 valence electrons. The van der Waals surface area contributed by atoms with Crippen molar-refractivity contribution in [2.24, 2.45) is 0 Å². The highest BCUT2D eigenvalue weighted by Crippen LogP contribution is 2.33. The Kier molecular flexibility index (Phi) is 8.39. The smallest absolute Gasteiger partial charge is 0.231 e. The van der Waals surface area contributed by atoms with Crippen LogP contribution in [0, 0.1) is 0 Å². The SMILES string of the molecule is CCCCn1c(CN(C/C=C/c2cccc(Br)c2)Cc2ccc3c(c2)OCO3)cnc1-c1ccccc1. The number of benzene rings is 3. The van der Waals surface area contributed by atoms with Gasteiger partial charge in [0.25, 0.3) is 0 Å². The number of hydrogen-bond acceptors (Lipinski definition) is 4. The Balaban J connectivity index is 1.41. The first kappa shape index (κ1) is 25.3. The molecule has 5 rings (SSSR count). The molecule has 0 N–H and O–H groups in total. The van der Waals surface area contributed by atoms with Crippen LogP contribution in [-0.4, -0.2) is 27.8 Å². The third kappa shape index (κ3) is 6.51. The maximum Gasteiger partial charge on any atom is 0.231 e. The first-order chi connectivity index (χ1) is 18.2. The lowest BCUT2D eigenvalue weighted by Gasteiger charge is -2.22. The number of nitrogens with zero attached hydrogens (tertiary/aromatic N) is 3. The lowest BCUT2D eigenvalue weighted by Crippen LogP contribution is -2.24. The van der Waals surface area contributed by atoms with Crippen LogP contribution >= 0.6 is 15.9 Å². The van der Waals surface area contributed by atoms with Crippen molar-refractivity contribution in [3.8, 4) is 22.9 Å².